The molecule has 0 spiro atoms. The van der Waals surface area contributed by atoms with E-state index in [4.69, 9.17) is 5.73 Å². The quantitative estimate of drug-likeness (QED) is 0.846. The zero-order chi connectivity index (χ0) is 15.8. The van der Waals surface area contributed by atoms with Crippen LogP contribution in [0.3, 0.4) is 0 Å². The molecule has 9 heteroatoms. The number of aromatic nitrogens is 2. The minimum atomic E-state index is -4.32. The van der Waals surface area contributed by atoms with Crippen LogP contribution in [0.2, 0.25) is 0 Å². The average Bonchev–Trinajstić information content (AvgIpc) is 2.81. The highest BCUT2D eigenvalue weighted by molar-refractivity contribution is 7.92. The Bertz CT molecular complexity index is 772. The van der Waals surface area contributed by atoms with Crippen LogP contribution >= 0.6 is 0 Å². The molecule has 0 radical (unpaired) electrons. The monoisotopic (exact) mass is 316 g/mol. The Morgan fingerprint density at radius 2 is 2.00 bits per heavy atom. The summed E-state index contributed by atoms with van der Waals surface area (Å²) >= 11 is 0. The maximum absolute atomic E-state index is 13.7. The molecule has 1 heterocycles. The number of rotatable bonds is 4. The minimum Gasteiger partial charge on any atom is -0.399 e. The van der Waals surface area contributed by atoms with E-state index < -0.39 is 26.6 Å². The number of hydrogen-bond donors (Lipinski definition) is 2. The number of nitrogens with two attached hydrogens (primary N) is 1. The van der Waals surface area contributed by atoms with Crippen molar-refractivity contribution in [3.8, 4) is 0 Å². The lowest BCUT2D eigenvalue weighted by atomic mass is 10.3. The van der Waals surface area contributed by atoms with Gasteiger partial charge in [0.05, 0.1) is 6.20 Å². The van der Waals surface area contributed by atoms with Crippen molar-refractivity contribution in [3.05, 3.63) is 36.0 Å². The fraction of sp³-hybridized carbons (Fsp3) is 0.250. The van der Waals surface area contributed by atoms with Gasteiger partial charge in [0, 0.05) is 17.8 Å². The van der Waals surface area contributed by atoms with Gasteiger partial charge in [-0.05, 0) is 26.0 Å². The molecule has 0 aliphatic heterocycles. The van der Waals surface area contributed by atoms with Gasteiger partial charge in [-0.25, -0.2) is 21.9 Å². The van der Waals surface area contributed by atoms with Crippen molar-refractivity contribution in [2.75, 3.05) is 10.5 Å². The van der Waals surface area contributed by atoms with E-state index in [1.165, 1.54) is 16.9 Å². The number of nitrogen functional groups attached to an aromatic ring is 1. The fourth-order valence-corrected chi connectivity index (χ4v) is 2.95. The zero-order valence-corrected chi connectivity index (χ0v) is 12.2. The Labute approximate surface area is 120 Å². The molecule has 1 aromatic heterocycles. The number of benzene rings is 1. The first-order chi connectivity index (χ1) is 9.72. The molecule has 0 unspecified atom stereocenters. The number of halogens is 2. The van der Waals surface area contributed by atoms with E-state index in [0.29, 0.717) is 6.07 Å². The molecule has 0 saturated heterocycles. The first kappa shape index (κ1) is 15.2. The van der Waals surface area contributed by atoms with Crippen molar-refractivity contribution in [3.63, 3.8) is 0 Å². The molecule has 6 nitrogen and oxygen atoms in total. The molecule has 114 valence electrons. The summed E-state index contributed by atoms with van der Waals surface area (Å²) in [6.07, 6.45) is 1.40. The van der Waals surface area contributed by atoms with Gasteiger partial charge in [0.2, 0.25) is 0 Å². The lowest BCUT2D eigenvalue weighted by Crippen LogP contribution is -2.19. The first-order valence-electron chi connectivity index (χ1n) is 6.03. The van der Waals surface area contributed by atoms with E-state index in [-0.39, 0.29) is 17.5 Å². The van der Waals surface area contributed by atoms with E-state index in [2.05, 4.69) is 9.82 Å². The number of sulfonamides is 1. The van der Waals surface area contributed by atoms with E-state index in [1.54, 1.807) is 13.8 Å². The smallest absolute Gasteiger partial charge is 0.266 e. The van der Waals surface area contributed by atoms with Crippen molar-refractivity contribution in [1.29, 1.82) is 0 Å². The maximum atomic E-state index is 13.7. The minimum absolute atomic E-state index is 0.111. The van der Waals surface area contributed by atoms with Gasteiger partial charge in [0.25, 0.3) is 10.0 Å². The summed E-state index contributed by atoms with van der Waals surface area (Å²) in [5.41, 5.74) is 5.17. The number of hydrogen-bond acceptors (Lipinski definition) is 4. The topological polar surface area (TPSA) is 90.0 Å². The van der Waals surface area contributed by atoms with Gasteiger partial charge in [0.1, 0.15) is 10.7 Å². The Morgan fingerprint density at radius 3 is 2.62 bits per heavy atom. The van der Waals surface area contributed by atoms with Gasteiger partial charge >= 0.3 is 0 Å². The second kappa shape index (κ2) is 5.32. The van der Waals surface area contributed by atoms with Gasteiger partial charge in [-0.15, -0.1) is 0 Å². The van der Waals surface area contributed by atoms with Crippen LogP contribution in [-0.2, 0) is 10.0 Å². The zero-order valence-electron chi connectivity index (χ0n) is 11.3. The molecule has 2 rings (SSSR count). The molecule has 0 amide bonds. The highest BCUT2D eigenvalue weighted by atomic mass is 32.2. The third-order valence-electron chi connectivity index (χ3n) is 2.71. The van der Waals surface area contributed by atoms with E-state index in [0.717, 1.165) is 6.07 Å². The molecule has 0 aliphatic carbocycles. The van der Waals surface area contributed by atoms with Crippen LogP contribution in [0.5, 0.6) is 0 Å². The van der Waals surface area contributed by atoms with Crippen LogP contribution in [0.4, 0.5) is 20.3 Å². The standard InChI is InChI=1S/C12H14F2N4O2S/c1-7(2)18-11(3-4-16-18)17-21(19,20)10-6-8(15)5-9(13)12(10)14/h3-7,17H,15H2,1-2H3. The van der Waals surface area contributed by atoms with Crippen LogP contribution in [-0.4, -0.2) is 18.2 Å². The summed E-state index contributed by atoms with van der Waals surface area (Å²) in [6, 6.07) is 2.88. The Morgan fingerprint density at radius 1 is 1.33 bits per heavy atom. The fourth-order valence-electron chi connectivity index (χ4n) is 1.78. The number of nitrogens with zero attached hydrogens (tertiary/aromatic N) is 2. The van der Waals surface area contributed by atoms with Crippen LogP contribution in [0.15, 0.2) is 29.3 Å². The van der Waals surface area contributed by atoms with Crippen LogP contribution in [0.1, 0.15) is 19.9 Å². The molecule has 0 atom stereocenters. The maximum Gasteiger partial charge on any atom is 0.266 e. The molecule has 0 aliphatic rings. The highest BCUT2D eigenvalue weighted by Gasteiger charge is 2.24. The van der Waals surface area contributed by atoms with Crippen molar-refractivity contribution in [2.45, 2.75) is 24.8 Å². The summed E-state index contributed by atoms with van der Waals surface area (Å²) in [5, 5.41) is 3.95. The second-order valence-corrected chi connectivity index (χ2v) is 6.33. The Hall–Kier alpha value is -2.16. The van der Waals surface area contributed by atoms with Crippen LogP contribution in [0, 0.1) is 11.6 Å². The Balaban J connectivity index is 2.46. The summed E-state index contributed by atoms with van der Waals surface area (Å²) in [4.78, 5) is -0.850. The SMILES string of the molecule is CC(C)n1nccc1NS(=O)(=O)c1cc(N)cc(F)c1F. The third-order valence-corrected chi connectivity index (χ3v) is 4.06. The first-order valence-corrected chi connectivity index (χ1v) is 7.51. The number of anilines is 2. The normalized spacial score (nSPS) is 11.9. The lowest BCUT2D eigenvalue weighted by Gasteiger charge is -2.13. The van der Waals surface area contributed by atoms with Crippen molar-refractivity contribution in [2.24, 2.45) is 0 Å². The second-order valence-electron chi connectivity index (χ2n) is 4.68. The summed E-state index contributed by atoms with van der Waals surface area (Å²) < 4.78 is 54.9. The van der Waals surface area contributed by atoms with Gasteiger partial charge in [-0.1, -0.05) is 0 Å². The summed E-state index contributed by atoms with van der Waals surface area (Å²) in [7, 11) is -4.32. The Kier molecular flexibility index (Phi) is 3.86. The largest absolute Gasteiger partial charge is 0.399 e. The molecule has 2 aromatic rings. The molecular formula is C12H14F2N4O2S. The van der Waals surface area contributed by atoms with E-state index in [9.17, 15) is 17.2 Å². The number of nitrogens with one attached hydrogen (secondary N) is 1. The van der Waals surface area contributed by atoms with Crippen LogP contribution < -0.4 is 10.5 Å². The van der Waals surface area contributed by atoms with Gasteiger partial charge < -0.3 is 5.73 Å². The van der Waals surface area contributed by atoms with Crippen molar-refractivity contribution < 1.29 is 17.2 Å². The van der Waals surface area contributed by atoms with Crippen LogP contribution in [0.25, 0.3) is 0 Å². The van der Waals surface area contributed by atoms with E-state index >= 15 is 0 Å². The van der Waals surface area contributed by atoms with Gasteiger partial charge in [-0.3, -0.25) is 4.72 Å². The van der Waals surface area contributed by atoms with Crippen molar-refractivity contribution in [1.82, 2.24) is 9.78 Å². The van der Waals surface area contributed by atoms with Gasteiger partial charge in [0.15, 0.2) is 11.6 Å². The highest BCUT2D eigenvalue weighted by Crippen LogP contribution is 2.24. The molecule has 0 bridgehead atoms. The van der Waals surface area contributed by atoms with Crippen molar-refractivity contribution >= 4 is 21.5 Å². The molecule has 0 saturated carbocycles. The lowest BCUT2D eigenvalue weighted by molar-refractivity contribution is 0.486. The predicted molar refractivity (Wildman–Crippen MR) is 74.2 cm³/mol. The third kappa shape index (κ3) is 2.97. The molecule has 0 fully saturated rings. The molecule has 21 heavy (non-hydrogen) atoms. The predicted octanol–water partition coefficient (Wildman–Crippen LogP) is 2.13. The van der Waals surface area contributed by atoms with E-state index in [1.807, 2.05) is 0 Å². The molecular weight excluding hydrogens is 302 g/mol. The summed E-state index contributed by atoms with van der Waals surface area (Å²) in [6.45, 7) is 3.59. The molecule has 1 aromatic carbocycles. The average molecular weight is 316 g/mol. The molecule has 3 N–H and O–H groups in total. The summed E-state index contributed by atoms with van der Waals surface area (Å²) in [5.74, 6) is -2.66. The van der Waals surface area contributed by atoms with Gasteiger partial charge in [-0.2, -0.15) is 5.10 Å².